The molecule has 0 bridgehead atoms. The molecule has 0 radical (unpaired) electrons. The van der Waals surface area contributed by atoms with Crippen molar-refractivity contribution in [3.05, 3.63) is 53.6 Å². The van der Waals surface area contributed by atoms with E-state index in [4.69, 9.17) is 10.6 Å². The summed E-state index contributed by atoms with van der Waals surface area (Å²) in [7, 11) is 0. The predicted molar refractivity (Wildman–Crippen MR) is 77.5 cm³/mol. The van der Waals surface area contributed by atoms with Crippen molar-refractivity contribution in [3.8, 4) is 11.5 Å². The van der Waals surface area contributed by atoms with Crippen LogP contribution < -0.4 is 16.0 Å². The fourth-order valence-electron chi connectivity index (χ4n) is 1.70. The number of benzene rings is 2. The average molecular weight is 265 g/mol. The molecule has 2 aromatic rings. The zero-order chi connectivity index (χ0) is 12.3. The number of nitrogens with two attached hydrogens (primary N) is 1. The number of nitrogens with one attached hydrogen (secondary N) is 1. The van der Waals surface area contributed by atoms with E-state index in [1.54, 1.807) is 0 Å². The van der Waals surface area contributed by atoms with Gasteiger partial charge in [0.1, 0.15) is 11.5 Å². The first kappa shape index (κ1) is 14.4. The fourth-order valence-corrected chi connectivity index (χ4v) is 1.70. The molecule has 2 aromatic carbocycles. The van der Waals surface area contributed by atoms with Gasteiger partial charge < -0.3 is 10.2 Å². The van der Waals surface area contributed by atoms with Gasteiger partial charge >= 0.3 is 0 Å². The highest BCUT2D eigenvalue weighted by atomic mass is 35.5. The van der Waals surface area contributed by atoms with Crippen LogP contribution in [0.4, 0.5) is 5.69 Å². The molecule has 0 amide bonds. The SMILES string of the molecule is Cc1cccc(C)c1Oc1ccc(NN)cc1.Cl. The summed E-state index contributed by atoms with van der Waals surface area (Å²) in [5, 5.41) is 0. The summed E-state index contributed by atoms with van der Waals surface area (Å²) in [6.07, 6.45) is 0. The van der Waals surface area contributed by atoms with Crippen molar-refractivity contribution >= 4 is 18.1 Å². The smallest absolute Gasteiger partial charge is 0.133 e. The molecular weight excluding hydrogens is 248 g/mol. The zero-order valence-electron chi connectivity index (χ0n) is 10.4. The molecule has 3 N–H and O–H groups in total. The topological polar surface area (TPSA) is 47.3 Å². The van der Waals surface area contributed by atoms with Crippen LogP contribution in [0.3, 0.4) is 0 Å². The van der Waals surface area contributed by atoms with Gasteiger partial charge in [0, 0.05) is 5.69 Å². The normalized spacial score (nSPS) is 9.50. The highest BCUT2D eigenvalue weighted by Crippen LogP contribution is 2.28. The molecule has 0 saturated carbocycles. The first-order valence-electron chi connectivity index (χ1n) is 5.51. The van der Waals surface area contributed by atoms with Crippen LogP contribution in [0.25, 0.3) is 0 Å². The van der Waals surface area contributed by atoms with Crippen LogP contribution in [0.1, 0.15) is 11.1 Å². The van der Waals surface area contributed by atoms with E-state index < -0.39 is 0 Å². The van der Waals surface area contributed by atoms with Crippen LogP contribution in [-0.2, 0) is 0 Å². The number of rotatable bonds is 3. The molecule has 3 nitrogen and oxygen atoms in total. The second kappa shape index (κ2) is 6.28. The Balaban J connectivity index is 0.00000162. The molecule has 0 saturated heterocycles. The molecule has 0 unspecified atom stereocenters. The van der Waals surface area contributed by atoms with Crippen LogP contribution >= 0.6 is 12.4 Å². The summed E-state index contributed by atoms with van der Waals surface area (Å²) in [6, 6.07) is 13.6. The van der Waals surface area contributed by atoms with E-state index >= 15 is 0 Å². The maximum Gasteiger partial charge on any atom is 0.133 e. The number of ether oxygens (including phenoxy) is 1. The average Bonchev–Trinajstić information content (AvgIpc) is 2.35. The van der Waals surface area contributed by atoms with Crippen molar-refractivity contribution in [3.63, 3.8) is 0 Å². The van der Waals surface area contributed by atoms with Gasteiger partial charge in [-0.1, -0.05) is 18.2 Å². The minimum Gasteiger partial charge on any atom is -0.457 e. The Kier molecular flexibility index (Phi) is 5.01. The van der Waals surface area contributed by atoms with Gasteiger partial charge in [-0.25, -0.2) is 0 Å². The zero-order valence-corrected chi connectivity index (χ0v) is 11.3. The molecule has 2 rings (SSSR count). The van der Waals surface area contributed by atoms with Crippen molar-refractivity contribution in [1.29, 1.82) is 0 Å². The summed E-state index contributed by atoms with van der Waals surface area (Å²) < 4.78 is 5.87. The number of para-hydroxylation sites is 1. The molecule has 0 fully saturated rings. The standard InChI is InChI=1S/C14H16N2O.ClH/c1-10-4-3-5-11(2)14(10)17-13-8-6-12(16-15)7-9-13;/h3-9,16H,15H2,1-2H3;1H. The van der Waals surface area contributed by atoms with Crippen LogP contribution in [0.15, 0.2) is 42.5 Å². The summed E-state index contributed by atoms with van der Waals surface area (Å²) in [5.74, 6) is 7.03. The van der Waals surface area contributed by atoms with Gasteiger partial charge in [0.05, 0.1) is 0 Å². The Labute approximate surface area is 113 Å². The molecule has 96 valence electrons. The second-order valence-electron chi connectivity index (χ2n) is 3.99. The largest absolute Gasteiger partial charge is 0.457 e. The summed E-state index contributed by atoms with van der Waals surface area (Å²) in [4.78, 5) is 0. The van der Waals surface area contributed by atoms with Crippen molar-refractivity contribution in [1.82, 2.24) is 0 Å². The quantitative estimate of drug-likeness (QED) is 0.655. The number of anilines is 1. The molecule has 4 heteroatoms. The lowest BCUT2D eigenvalue weighted by atomic mass is 10.1. The van der Waals surface area contributed by atoms with Crippen molar-refractivity contribution in [2.75, 3.05) is 5.43 Å². The maximum absolute atomic E-state index is 5.87. The molecule has 0 aromatic heterocycles. The Hall–Kier alpha value is -1.71. The summed E-state index contributed by atoms with van der Waals surface area (Å²) in [6.45, 7) is 4.08. The minimum absolute atomic E-state index is 0. The van der Waals surface area contributed by atoms with Gasteiger partial charge in [0.15, 0.2) is 0 Å². The van der Waals surface area contributed by atoms with E-state index in [0.29, 0.717) is 0 Å². The van der Waals surface area contributed by atoms with Gasteiger partial charge in [-0.05, 0) is 49.2 Å². The minimum atomic E-state index is 0. The van der Waals surface area contributed by atoms with Crippen molar-refractivity contribution in [2.24, 2.45) is 5.84 Å². The molecule has 18 heavy (non-hydrogen) atoms. The molecule has 0 aliphatic heterocycles. The number of hydrogen-bond donors (Lipinski definition) is 2. The van der Waals surface area contributed by atoms with E-state index in [0.717, 1.165) is 28.3 Å². The van der Waals surface area contributed by atoms with Crippen LogP contribution in [0.2, 0.25) is 0 Å². The number of hydrazine groups is 1. The van der Waals surface area contributed by atoms with Crippen LogP contribution in [0, 0.1) is 13.8 Å². The van der Waals surface area contributed by atoms with E-state index in [2.05, 4.69) is 5.43 Å². The molecular formula is C14H17ClN2O. The summed E-state index contributed by atoms with van der Waals surface area (Å²) >= 11 is 0. The Bertz CT molecular complexity index is 491. The summed E-state index contributed by atoms with van der Waals surface area (Å²) in [5.41, 5.74) is 5.71. The lowest BCUT2D eigenvalue weighted by Crippen LogP contribution is -2.06. The lowest BCUT2D eigenvalue weighted by Gasteiger charge is -2.11. The number of hydrogen-bond acceptors (Lipinski definition) is 3. The van der Waals surface area contributed by atoms with Crippen LogP contribution in [0.5, 0.6) is 11.5 Å². The van der Waals surface area contributed by atoms with Gasteiger partial charge in [0.2, 0.25) is 0 Å². The Morgan fingerprint density at radius 3 is 2.00 bits per heavy atom. The third kappa shape index (κ3) is 3.15. The number of nitrogen functional groups attached to an aromatic ring is 1. The third-order valence-electron chi connectivity index (χ3n) is 2.65. The molecule has 0 aliphatic carbocycles. The van der Waals surface area contributed by atoms with Crippen molar-refractivity contribution in [2.45, 2.75) is 13.8 Å². The van der Waals surface area contributed by atoms with Gasteiger partial charge in [-0.2, -0.15) is 0 Å². The van der Waals surface area contributed by atoms with Crippen molar-refractivity contribution < 1.29 is 4.74 Å². The van der Waals surface area contributed by atoms with Gasteiger partial charge in [-0.15, -0.1) is 12.4 Å². The number of aryl methyl sites for hydroxylation is 2. The van der Waals surface area contributed by atoms with Crippen LogP contribution in [-0.4, -0.2) is 0 Å². The molecule has 0 aliphatic rings. The number of halogens is 1. The van der Waals surface area contributed by atoms with Gasteiger partial charge in [-0.3, -0.25) is 5.84 Å². The first-order chi connectivity index (χ1) is 8.20. The molecule has 0 spiro atoms. The Morgan fingerprint density at radius 2 is 1.50 bits per heavy atom. The van der Waals surface area contributed by atoms with E-state index in [-0.39, 0.29) is 12.4 Å². The first-order valence-corrected chi connectivity index (χ1v) is 5.51. The van der Waals surface area contributed by atoms with E-state index in [9.17, 15) is 0 Å². The highest BCUT2D eigenvalue weighted by Gasteiger charge is 2.04. The predicted octanol–water partition coefficient (Wildman–Crippen LogP) is 3.80. The molecule has 0 heterocycles. The maximum atomic E-state index is 5.87. The third-order valence-corrected chi connectivity index (χ3v) is 2.65. The molecule has 0 atom stereocenters. The second-order valence-corrected chi connectivity index (χ2v) is 3.99. The highest BCUT2D eigenvalue weighted by molar-refractivity contribution is 5.85. The van der Waals surface area contributed by atoms with E-state index in [1.807, 2.05) is 56.3 Å². The monoisotopic (exact) mass is 264 g/mol. The van der Waals surface area contributed by atoms with Gasteiger partial charge in [0.25, 0.3) is 0 Å². The van der Waals surface area contributed by atoms with E-state index in [1.165, 1.54) is 0 Å². The fraction of sp³-hybridized carbons (Fsp3) is 0.143. The lowest BCUT2D eigenvalue weighted by molar-refractivity contribution is 0.475. The Morgan fingerprint density at radius 1 is 0.944 bits per heavy atom.